The molecule has 0 radical (unpaired) electrons. The zero-order valence-corrected chi connectivity index (χ0v) is 13.4. The molecule has 1 aliphatic rings. The van der Waals surface area contributed by atoms with Crippen molar-refractivity contribution in [3.63, 3.8) is 0 Å². The molecule has 5 heteroatoms. The molecule has 24 heavy (non-hydrogen) atoms. The van der Waals surface area contributed by atoms with Crippen LogP contribution < -0.4 is 15.8 Å². The van der Waals surface area contributed by atoms with E-state index in [0.29, 0.717) is 12.3 Å². The van der Waals surface area contributed by atoms with E-state index < -0.39 is 5.91 Å². The minimum Gasteiger partial charge on any atom is -0.484 e. The number of ether oxygens (including phenoxy) is 1. The molecule has 3 N–H and O–H groups in total. The summed E-state index contributed by atoms with van der Waals surface area (Å²) in [7, 11) is 0. The van der Waals surface area contributed by atoms with Crippen molar-refractivity contribution < 1.29 is 13.9 Å². The normalized spacial score (nSPS) is 16.5. The average Bonchev–Trinajstić information content (AvgIpc) is 2.58. The van der Waals surface area contributed by atoms with E-state index in [-0.39, 0.29) is 18.5 Å². The number of rotatable bonds is 6. The summed E-state index contributed by atoms with van der Waals surface area (Å²) in [5, 5.41) is 3.54. The summed E-state index contributed by atoms with van der Waals surface area (Å²) in [5.74, 6) is -0.0440. The molecule has 1 unspecified atom stereocenters. The molecule has 0 fully saturated rings. The van der Waals surface area contributed by atoms with Gasteiger partial charge in [0, 0.05) is 12.6 Å². The van der Waals surface area contributed by atoms with Gasteiger partial charge in [-0.05, 0) is 60.2 Å². The third kappa shape index (κ3) is 4.11. The predicted octanol–water partition coefficient (Wildman–Crippen LogP) is 2.86. The molecule has 0 saturated carbocycles. The number of primary amides is 1. The van der Waals surface area contributed by atoms with Gasteiger partial charge in [0.1, 0.15) is 11.6 Å². The highest BCUT2D eigenvalue weighted by Gasteiger charge is 2.20. The quantitative estimate of drug-likeness (QED) is 0.857. The minimum absolute atomic E-state index is 0.127. The Hall–Kier alpha value is -2.40. The number of aryl methyl sites for hydroxylation is 1. The lowest BCUT2D eigenvalue weighted by atomic mass is 9.87. The number of nitrogens with two attached hydrogens (primary N) is 1. The van der Waals surface area contributed by atoms with Gasteiger partial charge in [-0.15, -0.1) is 0 Å². The van der Waals surface area contributed by atoms with Crippen LogP contribution in [0.2, 0.25) is 0 Å². The summed E-state index contributed by atoms with van der Waals surface area (Å²) < 4.78 is 18.7. The van der Waals surface area contributed by atoms with Crippen molar-refractivity contribution in [3.05, 3.63) is 65.0 Å². The standard InChI is InChI=1S/C19H21FN2O2/c20-15-7-8-17-14(10-15)4-2-6-18(17)22-11-13-3-1-5-16(9-13)24-12-19(21)23/h1,3,5,7-10,18,22H,2,4,6,11-12H2,(H2,21,23). The monoisotopic (exact) mass is 328 g/mol. The number of halogens is 1. The molecule has 2 aromatic rings. The van der Waals surface area contributed by atoms with Crippen molar-refractivity contribution in [2.75, 3.05) is 6.61 Å². The van der Waals surface area contributed by atoms with Crippen molar-refractivity contribution in [1.82, 2.24) is 5.32 Å². The number of nitrogens with one attached hydrogen (secondary N) is 1. The van der Waals surface area contributed by atoms with Crippen LogP contribution in [-0.4, -0.2) is 12.5 Å². The molecule has 3 rings (SSSR count). The van der Waals surface area contributed by atoms with E-state index in [1.807, 2.05) is 24.3 Å². The van der Waals surface area contributed by atoms with E-state index in [9.17, 15) is 9.18 Å². The van der Waals surface area contributed by atoms with Crippen molar-refractivity contribution in [2.24, 2.45) is 5.73 Å². The Bertz CT molecular complexity index is 733. The highest BCUT2D eigenvalue weighted by atomic mass is 19.1. The number of amides is 1. The Kier molecular flexibility index (Phi) is 5.11. The summed E-state index contributed by atoms with van der Waals surface area (Å²) in [6, 6.07) is 12.8. The number of fused-ring (bicyclic) bond motifs is 1. The average molecular weight is 328 g/mol. The van der Waals surface area contributed by atoms with Crippen LogP contribution in [0, 0.1) is 5.82 Å². The second-order valence-corrected chi connectivity index (χ2v) is 6.07. The second-order valence-electron chi connectivity index (χ2n) is 6.07. The SMILES string of the molecule is NC(=O)COc1cccc(CNC2CCCc3cc(F)ccc32)c1. The lowest BCUT2D eigenvalue weighted by Gasteiger charge is -2.26. The molecule has 0 aliphatic heterocycles. The number of hydrogen-bond acceptors (Lipinski definition) is 3. The van der Waals surface area contributed by atoms with Crippen LogP contribution in [0.5, 0.6) is 5.75 Å². The van der Waals surface area contributed by atoms with E-state index in [4.69, 9.17) is 10.5 Å². The van der Waals surface area contributed by atoms with Crippen LogP contribution in [0.1, 0.15) is 35.6 Å². The zero-order valence-electron chi connectivity index (χ0n) is 13.4. The van der Waals surface area contributed by atoms with Gasteiger partial charge in [-0.3, -0.25) is 4.79 Å². The van der Waals surface area contributed by atoms with E-state index >= 15 is 0 Å². The predicted molar refractivity (Wildman–Crippen MR) is 90.1 cm³/mol. The molecule has 0 heterocycles. The van der Waals surface area contributed by atoms with Crippen LogP contribution in [0.4, 0.5) is 4.39 Å². The molecule has 4 nitrogen and oxygen atoms in total. The topological polar surface area (TPSA) is 64.4 Å². The van der Waals surface area contributed by atoms with Crippen molar-refractivity contribution >= 4 is 5.91 Å². The first-order valence-corrected chi connectivity index (χ1v) is 8.13. The number of benzene rings is 2. The van der Waals surface area contributed by atoms with Gasteiger partial charge in [0.05, 0.1) is 0 Å². The van der Waals surface area contributed by atoms with Crippen LogP contribution >= 0.6 is 0 Å². The first kappa shape index (κ1) is 16.5. The highest BCUT2D eigenvalue weighted by molar-refractivity contribution is 5.75. The maximum atomic E-state index is 13.4. The Labute approximate surface area is 140 Å². The van der Waals surface area contributed by atoms with Gasteiger partial charge >= 0.3 is 0 Å². The molecular weight excluding hydrogens is 307 g/mol. The summed E-state index contributed by atoms with van der Waals surface area (Å²) in [6.45, 7) is 0.549. The zero-order chi connectivity index (χ0) is 16.9. The van der Waals surface area contributed by atoms with Crippen LogP contribution in [0.15, 0.2) is 42.5 Å². The maximum Gasteiger partial charge on any atom is 0.255 e. The largest absolute Gasteiger partial charge is 0.484 e. The lowest BCUT2D eigenvalue weighted by Crippen LogP contribution is -2.25. The van der Waals surface area contributed by atoms with Crippen LogP contribution in [0.3, 0.4) is 0 Å². The molecule has 0 saturated heterocycles. The lowest BCUT2D eigenvalue weighted by molar-refractivity contribution is -0.119. The smallest absolute Gasteiger partial charge is 0.255 e. The Morgan fingerprint density at radius 1 is 1.29 bits per heavy atom. The van der Waals surface area contributed by atoms with E-state index in [1.54, 1.807) is 12.1 Å². The second kappa shape index (κ2) is 7.45. The minimum atomic E-state index is -0.496. The molecule has 0 bridgehead atoms. The van der Waals surface area contributed by atoms with E-state index in [2.05, 4.69) is 5.32 Å². The molecule has 1 aliphatic carbocycles. The fraction of sp³-hybridized carbons (Fsp3) is 0.316. The van der Waals surface area contributed by atoms with Gasteiger partial charge in [-0.25, -0.2) is 4.39 Å². The first-order valence-electron chi connectivity index (χ1n) is 8.13. The number of carbonyl (C=O) groups is 1. The highest BCUT2D eigenvalue weighted by Crippen LogP contribution is 2.30. The van der Waals surface area contributed by atoms with Gasteiger partial charge in [0.15, 0.2) is 6.61 Å². The van der Waals surface area contributed by atoms with Crippen molar-refractivity contribution in [2.45, 2.75) is 31.8 Å². The summed E-state index contributed by atoms with van der Waals surface area (Å²) in [5.41, 5.74) is 8.43. The molecule has 1 atom stereocenters. The Balaban J connectivity index is 1.64. The summed E-state index contributed by atoms with van der Waals surface area (Å²) >= 11 is 0. The van der Waals surface area contributed by atoms with Gasteiger partial charge < -0.3 is 15.8 Å². The van der Waals surface area contributed by atoms with Crippen LogP contribution in [0.25, 0.3) is 0 Å². The van der Waals surface area contributed by atoms with Gasteiger partial charge in [-0.1, -0.05) is 18.2 Å². The van der Waals surface area contributed by atoms with E-state index in [0.717, 1.165) is 30.4 Å². The van der Waals surface area contributed by atoms with Crippen molar-refractivity contribution in [3.8, 4) is 5.75 Å². The molecule has 126 valence electrons. The molecule has 2 aromatic carbocycles. The molecule has 0 spiro atoms. The molecule has 1 amide bonds. The molecular formula is C19H21FN2O2. The third-order valence-corrected chi connectivity index (χ3v) is 4.25. The van der Waals surface area contributed by atoms with Crippen molar-refractivity contribution in [1.29, 1.82) is 0 Å². The van der Waals surface area contributed by atoms with Gasteiger partial charge in [0.2, 0.25) is 0 Å². The number of carbonyl (C=O) groups excluding carboxylic acids is 1. The van der Waals surface area contributed by atoms with Gasteiger partial charge in [0.25, 0.3) is 5.91 Å². The Morgan fingerprint density at radius 2 is 2.17 bits per heavy atom. The third-order valence-electron chi connectivity index (χ3n) is 4.25. The summed E-state index contributed by atoms with van der Waals surface area (Å²) in [6.07, 6.45) is 3.02. The molecule has 0 aromatic heterocycles. The summed E-state index contributed by atoms with van der Waals surface area (Å²) in [4.78, 5) is 10.8. The van der Waals surface area contributed by atoms with E-state index in [1.165, 1.54) is 11.6 Å². The number of hydrogen-bond donors (Lipinski definition) is 2. The first-order chi connectivity index (χ1) is 11.6. The fourth-order valence-corrected chi connectivity index (χ4v) is 3.14. The maximum absolute atomic E-state index is 13.4. The Morgan fingerprint density at radius 3 is 3.00 bits per heavy atom. The van der Waals surface area contributed by atoms with Gasteiger partial charge in [-0.2, -0.15) is 0 Å². The van der Waals surface area contributed by atoms with Crippen LogP contribution in [-0.2, 0) is 17.8 Å². The fourth-order valence-electron chi connectivity index (χ4n) is 3.14.